The van der Waals surface area contributed by atoms with Gasteiger partial charge in [-0.05, 0) is 36.4 Å². The number of carbonyl (C=O) groups is 1. The minimum atomic E-state index is -1.08. The van der Waals surface area contributed by atoms with Crippen LogP contribution in [0.2, 0.25) is 0 Å². The number of benzene rings is 1. The maximum absolute atomic E-state index is 13.5. The summed E-state index contributed by atoms with van der Waals surface area (Å²) < 4.78 is 14.8. The van der Waals surface area contributed by atoms with Crippen molar-refractivity contribution in [2.24, 2.45) is 0 Å². The minimum absolute atomic E-state index is 0.0553. The Bertz CT molecular complexity index is 855. The van der Waals surface area contributed by atoms with Crippen LogP contribution in [0.4, 0.5) is 10.1 Å². The third-order valence-electron chi connectivity index (χ3n) is 5.52. The predicted octanol–water partition coefficient (Wildman–Crippen LogP) is 3.24. The zero-order valence-electron chi connectivity index (χ0n) is 15.1. The number of hydrogen-bond acceptors (Lipinski definition) is 5. The van der Waals surface area contributed by atoms with Crippen molar-refractivity contribution in [3.05, 3.63) is 29.6 Å². The molecule has 0 aliphatic carbocycles. The van der Waals surface area contributed by atoms with Gasteiger partial charge in [0.25, 0.3) is 0 Å². The number of nitrogens with one attached hydrogen (secondary N) is 1. The Morgan fingerprint density at radius 2 is 2.15 bits per heavy atom. The molecule has 142 valence electrons. The fourth-order valence-electron chi connectivity index (χ4n) is 4.04. The lowest BCUT2D eigenvalue weighted by Gasteiger charge is -2.33. The van der Waals surface area contributed by atoms with Gasteiger partial charge in [-0.15, -0.1) is 11.3 Å². The van der Waals surface area contributed by atoms with E-state index < -0.39 is 12.2 Å². The van der Waals surface area contributed by atoms with E-state index in [-0.39, 0.29) is 25.4 Å². The van der Waals surface area contributed by atoms with Gasteiger partial charge in [-0.25, -0.2) is 4.39 Å². The molecule has 4 rings (SSSR count). The first kappa shape index (κ1) is 18.2. The first-order valence-corrected chi connectivity index (χ1v) is 10.3. The Hall–Kier alpha value is -2.17. The molecule has 2 aliphatic rings. The van der Waals surface area contributed by atoms with Gasteiger partial charge in [-0.1, -0.05) is 6.07 Å². The third kappa shape index (κ3) is 3.92. The number of nitriles is 1. The lowest BCUT2D eigenvalue weighted by Crippen LogP contribution is -2.46. The molecule has 1 aromatic carbocycles. The molecule has 0 radical (unpaired) electrons. The molecule has 3 heterocycles. The molecule has 1 N–H and O–H groups in total. The van der Waals surface area contributed by atoms with Crippen molar-refractivity contribution < 1.29 is 9.18 Å². The summed E-state index contributed by atoms with van der Waals surface area (Å²) in [6.07, 6.45) is 0.985. The third-order valence-corrected chi connectivity index (χ3v) is 6.40. The van der Waals surface area contributed by atoms with Gasteiger partial charge in [-0.2, -0.15) is 5.26 Å². The quantitative estimate of drug-likeness (QED) is 0.876. The van der Waals surface area contributed by atoms with Crippen molar-refractivity contribution in [1.29, 1.82) is 5.26 Å². The number of fused-ring (bicyclic) bond motifs is 1. The molecule has 1 aromatic heterocycles. The standard InChI is InChI=1S/C20H23FN4OS/c21-14-10-16(11-22)25(12-14)20(26)13-24-7-4-15(5-8-24)23-18-2-1-3-19-17(18)6-9-27-19/h1-3,6,9,14-16,23H,4-5,7-8,10,12-13H2/t14-,16?/m0/s1. The van der Waals surface area contributed by atoms with Crippen LogP contribution in [-0.2, 0) is 4.79 Å². The highest BCUT2D eigenvalue weighted by molar-refractivity contribution is 7.17. The van der Waals surface area contributed by atoms with Crippen molar-refractivity contribution >= 4 is 33.0 Å². The number of piperidine rings is 1. The number of carbonyl (C=O) groups excluding carboxylic acids is 1. The molecule has 1 unspecified atom stereocenters. The van der Waals surface area contributed by atoms with Crippen molar-refractivity contribution in [1.82, 2.24) is 9.80 Å². The maximum Gasteiger partial charge on any atom is 0.237 e. The SMILES string of the molecule is N#CC1C[C@H](F)CN1C(=O)CN1CCC(Nc2cccc3sccc23)CC1. The van der Waals surface area contributed by atoms with E-state index >= 15 is 0 Å². The van der Waals surface area contributed by atoms with Crippen LogP contribution >= 0.6 is 11.3 Å². The number of halogens is 1. The molecule has 0 saturated carbocycles. The predicted molar refractivity (Wildman–Crippen MR) is 106 cm³/mol. The summed E-state index contributed by atoms with van der Waals surface area (Å²) in [5.74, 6) is -0.129. The van der Waals surface area contributed by atoms with Crippen molar-refractivity contribution in [2.45, 2.75) is 37.5 Å². The summed E-state index contributed by atoms with van der Waals surface area (Å²) in [7, 11) is 0. The van der Waals surface area contributed by atoms with E-state index in [1.54, 1.807) is 11.3 Å². The first-order chi connectivity index (χ1) is 13.1. The average molecular weight is 386 g/mol. The van der Waals surface area contributed by atoms with E-state index in [0.717, 1.165) is 25.9 Å². The second kappa shape index (κ2) is 7.83. The van der Waals surface area contributed by atoms with Crippen molar-refractivity contribution in [3.8, 4) is 6.07 Å². The van der Waals surface area contributed by atoms with Crippen LogP contribution in [0.3, 0.4) is 0 Å². The van der Waals surface area contributed by atoms with Crippen LogP contribution in [0.5, 0.6) is 0 Å². The number of thiophene rings is 1. The lowest BCUT2D eigenvalue weighted by molar-refractivity contribution is -0.132. The van der Waals surface area contributed by atoms with Gasteiger partial charge >= 0.3 is 0 Å². The summed E-state index contributed by atoms with van der Waals surface area (Å²) in [5, 5.41) is 16.1. The fraction of sp³-hybridized carbons (Fsp3) is 0.500. The average Bonchev–Trinajstić information content (AvgIpc) is 3.30. The second-order valence-corrected chi connectivity index (χ2v) is 8.30. The van der Waals surface area contributed by atoms with Crippen LogP contribution in [-0.4, -0.2) is 60.1 Å². The number of likely N-dealkylation sites (tertiary alicyclic amines) is 2. The maximum atomic E-state index is 13.5. The highest BCUT2D eigenvalue weighted by Gasteiger charge is 2.36. The Balaban J connectivity index is 1.30. The largest absolute Gasteiger partial charge is 0.382 e. The highest BCUT2D eigenvalue weighted by Crippen LogP contribution is 2.29. The summed E-state index contributed by atoms with van der Waals surface area (Å²) in [6, 6.07) is 10.3. The minimum Gasteiger partial charge on any atom is -0.382 e. The fourth-order valence-corrected chi connectivity index (χ4v) is 4.85. The van der Waals surface area contributed by atoms with Gasteiger partial charge < -0.3 is 10.2 Å². The van der Waals surface area contributed by atoms with Crippen LogP contribution < -0.4 is 5.32 Å². The monoisotopic (exact) mass is 386 g/mol. The number of anilines is 1. The number of nitrogens with zero attached hydrogens (tertiary/aromatic N) is 3. The molecule has 2 aromatic rings. The van der Waals surface area contributed by atoms with Crippen molar-refractivity contribution in [3.63, 3.8) is 0 Å². The molecule has 2 atom stereocenters. The van der Waals surface area contributed by atoms with Gasteiger partial charge in [0.15, 0.2) is 0 Å². The van der Waals surface area contributed by atoms with E-state index in [1.165, 1.54) is 20.7 Å². The topological polar surface area (TPSA) is 59.4 Å². The summed E-state index contributed by atoms with van der Waals surface area (Å²) in [6.45, 7) is 1.98. The molecule has 2 aliphatic heterocycles. The zero-order valence-corrected chi connectivity index (χ0v) is 15.9. The molecule has 0 bridgehead atoms. The van der Waals surface area contributed by atoms with Crippen molar-refractivity contribution in [2.75, 3.05) is 31.5 Å². The van der Waals surface area contributed by atoms with Crippen LogP contribution in [0.1, 0.15) is 19.3 Å². The lowest BCUT2D eigenvalue weighted by atomic mass is 10.0. The highest BCUT2D eigenvalue weighted by atomic mass is 32.1. The van der Waals surface area contributed by atoms with Crippen LogP contribution in [0, 0.1) is 11.3 Å². The number of alkyl halides is 1. The Kier molecular flexibility index (Phi) is 5.28. The number of hydrogen-bond donors (Lipinski definition) is 1. The van der Waals surface area contributed by atoms with Gasteiger partial charge in [0.1, 0.15) is 12.2 Å². The first-order valence-electron chi connectivity index (χ1n) is 9.42. The smallest absolute Gasteiger partial charge is 0.237 e. The molecule has 2 saturated heterocycles. The van der Waals surface area contributed by atoms with E-state index in [1.807, 2.05) is 6.07 Å². The molecule has 2 fully saturated rings. The van der Waals surface area contributed by atoms with Crippen LogP contribution in [0.15, 0.2) is 29.6 Å². The Morgan fingerprint density at radius 3 is 2.93 bits per heavy atom. The van der Waals surface area contributed by atoms with E-state index in [0.29, 0.717) is 6.04 Å². The molecule has 0 spiro atoms. The number of rotatable bonds is 4. The molecular formula is C20H23FN4OS. The van der Waals surface area contributed by atoms with Gasteiger partial charge in [0, 0.05) is 41.3 Å². The molecule has 7 heteroatoms. The Labute approximate surface area is 162 Å². The summed E-state index contributed by atoms with van der Waals surface area (Å²) >= 11 is 1.74. The molecule has 5 nitrogen and oxygen atoms in total. The normalized spacial score (nSPS) is 24.2. The van der Waals surface area contributed by atoms with Gasteiger partial charge in [0.05, 0.1) is 19.2 Å². The molecule has 1 amide bonds. The van der Waals surface area contributed by atoms with Gasteiger partial charge in [-0.3, -0.25) is 9.69 Å². The number of amides is 1. The van der Waals surface area contributed by atoms with Gasteiger partial charge in [0.2, 0.25) is 5.91 Å². The van der Waals surface area contributed by atoms with Crippen LogP contribution in [0.25, 0.3) is 10.1 Å². The van der Waals surface area contributed by atoms with E-state index in [9.17, 15) is 9.18 Å². The Morgan fingerprint density at radius 1 is 1.33 bits per heavy atom. The molecule has 27 heavy (non-hydrogen) atoms. The summed E-state index contributed by atoms with van der Waals surface area (Å²) in [4.78, 5) is 16.0. The zero-order chi connectivity index (χ0) is 18.8. The van der Waals surface area contributed by atoms with E-state index in [4.69, 9.17) is 5.26 Å². The second-order valence-electron chi connectivity index (χ2n) is 7.36. The summed E-state index contributed by atoms with van der Waals surface area (Å²) in [5.41, 5.74) is 1.17. The molecular weight excluding hydrogens is 363 g/mol. The van der Waals surface area contributed by atoms with E-state index in [2.05, 4.69) is 39.9 Å².